The van der Waals surface area contributed by atoms with Gasteiger partial charge in [-0.15, -0.1) is 10.2 Å². The number of aromatic nitrogens is 3. The van der Waals surface area contributed by atoms with Gasteiger partial charge in [0.05, 0.1) is 17.7 Å². The number of hydrogen-bond donors (Lipinski definition) is 1. The van der Waals surface area contributed by atoms with Crippen LogP contribution >= 0.6 is 11.6 Å². The number of methoxy groups -OCH3 is 1. The highest BCUT2D eigenvalue weighted by atomic mass is 35.5. The van der Waals surface area contributed by atoms with Crippen molar-refractivity contribution in [1.29, 1.82) is 0 Å². The van der Waals surface area contributed by atoms with Gasteiger partial charge in [0, 0.05) is 12.2 Å². The predicted molar refractivity (Wildman–Crippen MR) is 90.5 cm³/mol. The smallest absolute Gasteiger partial charge is 0.253 e. The second-order valence-corrected chi connectivity index (χ2v) is 5.47. The summed E-state index contributed by atoms with van der Waals surface area (Å²) < 4.78 is 6.82. The van der Waals surface area contributed by atoms with Crippen molar-refractivity contribution in [2.75, 3.05) is 7.11 Å². The highest BCUT2D eigenvalue weighted by molar-refractivity contribution is 6.34. The molecule has 3 rings (SSSR count). The maximum absolute atomic E-state index is 12.3. The van der Waals surface area contributed by atoms with Gasteiger partial charge in [-0.1, -0.05) is 23.7 Å². The third kappa shape index (κ3) is 3.55. The van der Waals surface area contributed by atoms with E-state index in [-0.39, 0.29) is 5.91 Å². The number of carbonyl (C=O) groups is 1. The van der Waals surface area contributed by atoms with Gasteiger partial charge in [0.15, 0.2) is 0 Å². The van der Waals surface area contributed by atoms with Gasteiger partial charge < -0.3 is 10.1 Å². The van der Waals surface area contributed by atoms with E-state index in [1.165, 1.54) is 0 Å². The van der Waals surface area contributed by atoms with Crippen molar-refractivity contribution < 1.29 is 9.53 Å². The molecule has 7 heteroatoms. The number of hydrogen-bond acceptors (Lipinski definition) is 4. The molecule has 0 radical (unpaired) electrons. The van der Waals surface area contributed by atoms with Crippen molar-refractivity contribution in [1.82, 2.24) is 20.1 Å². The molecule has 6 nitrogen and oxygen atoms in total. The zero-order chi connectivity index (χ0) is 16.9. The van der Waals surface area contributed by atoms with Crippen LogP contribution in [0.4, 0.5) is 0 Å². The second-order valence-electron chi connectivity index (χ2n) is 5.06. The molecule has 0 atom stereocenters. The Labute approximate surface area is 144 Å². The van der Waals surface area contributed by atoms with Gasteiger partial charge in [0.25, 0.3) is 5.91 Å². The van der Waals surface area contributed by atoms with E-state index >= 15 is 0 Å². The highest BCUT2D eigenvalue weighted by Crippen LogP contribution is 2.20. The number of benzene rings is 2. The molecule has 3 aromatic rings. The minimum Gasteiger partial charge on any atom is -0.497 e. The van der Waals surface area contributed by atoms with Crippen molar-refractivity contribution in [3.63, 3.8) is 0 Å². The van der Waals surface area contributed by atoms with Crippen LogP contribution in [0.25, 0.3) is 5.69 Å². The summed E-state index contributed by atoms with van der Waals surface area (Å²) in [7, 11) is 1.61. The van der Waals surface area contributed by atoms with Gasteiger partial charge in [-0.25, -0.2) is 0 Å². The molecular weight excluding hydrogens is 328 g/mol. The standard InChI is InChI=1S/C17H15ClN4O2/c1-24-14-5-2-12(3-6-14)9-19-17(23)15-7-4-13(8-16(15)18)22-10-20-21-11-22/h2-8,10-11H,9H2,1H3,(H,19,23). The number of ether oxygens (including phenoxy) is 1. The Hall–Kier alpha value is -2.86. The van der Waals surface area contributed by atoms with Gasteiger partial charge in [0.2, 0.25) is 0 Å². The number of carbonyl (C=O) groups excluding carboxylic acids is 1. The molecule has 0 saturated carbocycles. The molecule has 0 spiro atoms. The average Bonchev–Trinajstić information content (AvgIpc) is 3.14. The van der Waals surface area contributed by atoms with Crippen LogP contribution in [0, 0.1) is 0 Å². The van der Waals surface area contributed by atoms with Gasteiger partial charge in [-0.2, -0.15) is 0 Å². The number of halogens is 1. The second kappa shape index (κ2) is 7.14. The van der Waals surface area contributed by atoms with Crippen molar-refractivity contribution in [2.45, 2.75) is 6.54 Å². The summed E-state index contributed by atoms with van der Waals surface area (Å²) >= 11 is 6.23. The summed E-state index contributed by atoms with van der Waals surface area (Å²) in [5.74, 6) is 0.545. The van der Waals surface area contributed by atoms with Crippen LogP contribution in [0.2, 0.25) is 5.02 Å². The molecule has 0 fully saturated rings. The molecular formula is C17H15ClN4O2. The highest BCUT2D eigenvalue weighted by Gasteiger charge is 2.11. The summed E-state index contributed by atoms with van der Waals surface area (Å²) in [6, 6.07) is 12.7. The SMILES string of the molecule is COc1ccc(CNC(=O)c2ccc(-n3cnnc3)cc2Cl)cc1. The molecule has 2 aromatic carbocycles. The van der Waals surface area contributed by atoms with E-state index in [9.17, 15) is 4.79 Å². The third-order valence-electron chi connectivity index (χ3n) is 3.53. The van der Waals surface area contributed by atoms with E-state index in [0.717, 1.165) is 17.0 Å². The predicted octanol–water partition coefficient (Wildman–Crippen LogP) is 2.86. The van der Waals surface area contributed by atoms with Crippen LogP contribution in [0.5, 0.6) is 5.75 Å². The molecule has 0 bridgehead atoms. The topological polar surface area (TPSA) is 69.0 Å². The van der Waals surface area contributed by atoms with Crippen molar-refractivity contribution >= 4 is 17.5 Å². The Kier molecular flexibility index (Phi) is 4.77. The minimum atomic E-state index is -0.230. The first-order valence-electron chi connectivity index (χ1n) is 7.23. The summed E-state index contributed by atoms with van der Waals surface area (Å²) in [5.41, 5.74) is 2.18. The zero-order valence-corrected chi connectivity index (χ0v) is 13.7. The summed E-state index contributed by atoms with van der Waals surface area (Å²) in [4.78, 5) is 12.3. The molecule has 1 heterocycles. The lowest BCUT2D eigenvalue weighted by Gasteiger charge is -2.09. The van der Waals surface area contributed by atoms with Crippen molar-refractivity contribution in [3.8, 4) is 11.4 Å². The maximum Gasteiger partial charge on any atom is 0.253 e. The third-order valence-corrected chi connectivity index (χ3v) is 3.84. The Bertz CT molecular complexity index is 832. The molecule has 122 valence electrons. The molecule has 0 aliphatic rings. The Morgan fingerprint density at radius 3 is 2.50 bits per heavy atom. The summed E-state index contributed by atoms with van der Waals surface area (Å²) in [5, 5.41) is 10.7. The quantitative estimate of drug-likeness (QED) is 0.774. The first-order chi connectivity index (χ1) is 11.7. The lowest BCUT2D eigenvalue weighted by atomic mass is 10.1. The number of amides is 1. The first-order valence-corrected chi connectivity index (χ1v) is 7.61. The van der Waals surface area contributed by atoms with E-state index < -0.39 is 0 Å². The maximum atomic E-state index is 12.3. The number of rotatable bonds is 5. The fraction of sp³-hybridized carbons (Fsp3) is 0.118. The van der Waals surface area contributed by atoms with E-state index in [1.54, 1.807) is 42.5 Å². The number of nitrogens with one attached hydrogen (secondary N) is 1. The van der Waals surface area contributed by atoms with Crippen molar-refractivity contribution in [2.24, 2.45) is 0 Å². The van der Waals surface area contributed by atoms with Crippen LogP contribution in [-0.2, 0) is 6.54 Å². The van der Waals surface area contributed by atoms with E-state index in [1.807, 2.05) is 24.3 Å². The minimum absolute atomic E-state index is 0.230. The molecule has 0 aliphatic heterocycles. The lowest BCUT2D eigenvalue weighted by Crippen LogP contribution is -2.23. The van der Waals surface area contributed by atoms with Crippen molar-refractivity contribution in [3.05, 3.63) is 71.3 Å². The molecule has 1 amide bonds. The van der Waals surface area contributed by atoms with Crippen LogP contribution in [0.1, 0.15) is 15.9 Å². The largest absolute Gasteiger partial charge is 0.497 e. The Morgan fingerprint density at radius 2 is 1.88 bits per heavy atom. The molecule has 0 aliphatic carbocycles. The monoisotopic (exact) mass is 342 g/mol. The lowest BCUT2D eigenvalue weighted by molar-refractivity contribution is 0.0951. The summed E-state index contributed by atoms with van der Waals surface area (Å²) in [6.07, 6.45) is 3.13. The molecule has 0 unspecified atom stereocenters. The van der Waals surface area contributed by atoms with Gasteiger partial charge in [0.1, 0.15) is 18.4 Å². The average molecular weight is 343 g/mol. The van der Waals surface area contributed by atoms with Crippen LogP contribution < -0.4 is 10.1 Å². The van der Waals surface area contributed by atoms with Gasteiger partial charge >= 0.3 is 0 Å². The molecule has 1 N–H and O–H groups in total. The fourth-order valence-electron chi connectivity index (χ4n) is 2.20. The van der Waals surface area contributed by atoms with E-state index in [4.69, 9.17) is 16.3 Å². The molecule has 1 aromatic heterocycles. The summed E-state index contributed by atoms with van der Waals surface area (Å²) in [6.45, 7) is 0.409. The van der Waals surface area contributed by atoms with Crippen LogP contribution in [0.3, 0.4) is 0 Å². The van der Waals surface area contributed by atoms with Gasteiger partial charge in [-0.3, -0.25) is 9.36 Å². The van der Waals surface area contributed by atoms with Crippen LogP contribution in [0.15, 0.2) is 55.1 Å². The van der Waals surface area contributed by atoms with Crippen LogP contribution in [-0.4, -0.2) is 27.8 Å². The normalized spacial score (nSPS) is 10.4. The molecule has 0 saturated heterocycles. The molecule has 24 heavy (non-hydrogen) atoms. The Morgan fingerprint density at radius 1 is 1.17 bits per heavy atom. The van der Waals surface area contributed by atoms with E-state index in [2.05, 4.69) is 15.5 Å². The number of nitrogens with zero attached hydrogens (tertiary/aromatic N) is 3. The first kappa shape index (κ1) is 16.0. The zero-order valence-electron chi connectivity index (χ0n) is 12.9. The van der Waals surface area contributed by atoms with E-state index in [0.29, 0.717) is 17.1 Å². The fourth-order valence-corrected chi connectivity index (χ4v) is 2.46. The van der Waals surface area contributed by atoms with Gasteiger partial charge in [-0.05, 0) is 35.9 Å². The Balaban J connectivity index is 1.68.